The predicted molar refractivity (Wildman–Crippen MR) is 118 cm³/mol. The highest BCUT2D eigenvalue weighted by Gasteiger charge is 2.17. The summed E-state index contributed by atoms with van der Waals surface area (Å²) in [4.78, 5) is 26.1. The number of hydrogen-bond acceptors (Lipinski definition) is 3. The Kier molecular flexibility index (Phi) is 6.80. The third kappa shape index (κ3) is 5.23. The number of nitrogens with zero attached hydrogens (tertiary/aromatic N) is 3. The zero-order valence-corrected chi connectivity index (χ0v) is 17.5. The molecule has 0 atom stereocenters. The number of aryl methyl sites for hydroxylation is 1. The number of carbonyl (C=O) groups is 2. The standard InChI is InChI=1S/C24H26N4O2/c1-18-22(19(2)28(26-18)21-12-8-5-9-13-21)17-27(3)24(30)16-25-23(29)15-14-20-10-6-4-7-11-20/h4-15H,16-17H2,1-3H3,(H,25,29)/b15-14+. The van der Waals surface area contributed by atoms with Crippen LogP contribution in [0.2, 0.25) is 0 Å². The minimum Gasteiger partial charge on any atom is -0.343 e. The molecule has 1 aromatic heterocycles. The largest absolute Gasteiger partial charge is 0.343 e. The molecule has 6 nitrogen and oxygen atoms in total. The Morgan fingerprint density at radius 3 is 2.33 bits per heavy atom. The maximum absolute atomic E-state index is 12.5. The molecule has 3 aromatic rings. The molecule has 3 rings (SSSR count). The summed E-state index contributed by atoms with van der Waals surface area (Å²) in [5.41, 5.74) is 4.79. The number of para-hydroxylation sites is 1. The highest BCUT2D eigenvalue weighted by Crippen LogP contribution is 2.19. The first-order valence-electron chi connectivity index (χ1n) is 9.81. The van der Waals surface area contributed by atoms with E-state index in [2.05, 4.69) is 10.4 Å². The molecule has 154 valence electrons. The van der Waals surface area contributed by atoms with Crippen molar-refractivity contribution >= 4 is 17.9 Å². The van der Waals surface area contributed by atoms with Crippen LogP contribution in [0.5, 0.6) is 0 Å². The van der Waals surface area contributed by atoms with Gasteiger partial charge in [-0.25, -0.2) is 4.68 Å². The summed E-state index contributed by atoms with van der Waals surface area (Å²) in [6, 6.07) is 19.4. The zero-order chi connectivity index (χ0) is 21.5. The third-order valence-electron chi connectivity index (χ3n) is 4.90. The van der Waals surface area contributed by atoms with Crippen molar-refractivity contribution in [2.45, 2.75) is 20.4 Å². The third-order valence-corrected chi connectivity index (χ3v) is 4.90. The van der Waals surface area contributed by atoms with E-state index in [0.717, 1.165) is 28.2 Å². The molecule has 0 aliphatic rings. The lowest BCUT2D eigenvalue weighted by Crippen LogP contribution is -2.37. The van der Waals surface area contributed by atoms with Gasteiger partial charge in [0.05, 0.1) is 17.9 Å². The topological polar surface area (TPSA) is 67.2 Å². The van der Waals surface area contributed by atoms with E-state index < -0.39 is 0 Å². The van der Waals surface area contributed by atoms with Crippen molar-refractivity contribution in [1.82, 2.24) is 20.0 Å². The summed E-state index contributed by atoms with van der Waals surface area (Å²) in [5.74, 6) is -0.465. The fraction of sp³-hybridized carbons (Fsp3) is 0.208. The van der Waals surface area contributed by atoms with Crippen LogP contribution in [0.3, 0.4) is 0 Å². The maximum atomic E-state index is 12.5. The van der Waals surface area contributed by atoms with Crippen molar-refractivity contribution in [3.8, 4) is 5.69 Å². The van der Waals surface area contributed by atoms with Crippen LogP contribution >= 0.6 is 0 Å². The molecule has 0 radical (unpaired) electrons. The molecule has 30 heavy (non-hydrogen) atoms. The number of rotatable bonds is 7. The van der Waals surface area contributed by atoms with Crippen LogP contribution in [0.25, 0.3) is 11.8 Å². The molecule has 0 bridgehead atoms. The fourth-order valence-electron chi connectivity index (χ4n) is 3.14. The number of benzene rings is 2. The molecule has 0 fully saturated rings. The summed E-state index contributed by atoms with van der Waals surface area (Å²) in [6.07, 6.45) is 3.15. The van der Waals surface area contributed by atoms with Gasteiger partial charge in [-0.05, 0) is 37.6 Å². The highest BCUT2D eigenvalue weighted by molar-refractivity contribution is 5.94. The van der Waals surface area contributed by atoms with Crippen LogP contribution in [-0.2, 0) is 16.1 Å². The zero-order valence-electron chi connectivity index (χ0n) is 17.5. The second-order valence-corrected chi connectivity index (χ2v) is 7.11. The quantitative estimate of drug-likeness (QED) is 0.617. The van der Waals surface area contributed by atoms with Crippen LogP contribution in [0, 0.1) is 13.8 Å². The smallest absolute Gasteiger partial charge is 0.244 e. The van der Waals surface area contributed by atoms with Crippen molar-refractivity contribution in [1.29, 1.82) is 0 Å². The van der Waals surface area contributed by atoms with Gasteiger partial charge < -0.3 is 10.2 Å². The number of aromatic nitrogens is 2. The Hall–Kier alpha value is -3.67. The van der Waals surface area contributed by atoms with Gasteiger partial charge in [0.2, 0.25) is 11.8 Å². The molecule has 1 heterocycles. The average molecular weight is 402 g/mol. The molecule has 1 N–H and O–H groups in total. The number of amides is 2. The van der Waals surface area contributed by atoms with Crippen molar-refractivity contribution in [3.63, 3.8) is 0 Å². The van der Waals surface area contributed by atoms with Crippen LogP contribution in [-0.4, -0.2) is 40.1 Å². The van der Waals surface area contributed by atoms with Crippen molar-refractivity contribution in [2.75, 3.05) is 13.6 Å². The molecule has 0 spiro atoms. The van der Waals surface area contributed by atoms with E-state index in [-0.39, 0.29) is 18.4 Å². The molecule has 2 aromatic carbocycles. The Morgan fingerprint density at radius 2 is 1.67 bits per heavy atom. The normalized spacial score (nSPS) is 10.9. The predicted octanol–water partition coefficient (Wildman–Crippen LogP) is 3.28. The van der Waals surface area contributed by atoms with Crippen LogP contribution in [0.1, 0.15) is 22.5 Å². The molecule has 0 saturated heterocycles. The molecule has 6 heteroatoms. The van der Waals surface area contributed by atoms with Crippen molar-refractivity contribution in [2.24, 2.45) is 0 Å². The fourth-order valence-corrected chi connectivity index (χ4v) is 3.14. The monoisotopic (exact) mass is 402 g/mol. The van der Waals surface area contributed by atoms with E-state index in [0.29, 0.717) is 6.54 Å². The molecule has 0 unspecified atom stereocenters. The lowest BCUT2D eigenvalue weighted by Gasteiger charge is -2.17. The lowest BCUT2D eigenvalue weighted by atomic mass is 10.2. The summed E-state index contributed by atoms with van der Waals surface area (Å²) in [6.45, 7) is 4.31. The molecule has 2 amide bonds. The van der Waals surface area contributed by atoms with Crippen molar-refractivity contribution in [3.05, 3.63) is 89.3 Å². The number of carbonyl (C=O) groups excluding carboxylic acids is 2. The average Bonchev–Trinajstić information content (AvgIpc) is 3.05. The van der Waals surface area contributed by atoms with E-state index in [9.17, 15) is 9.59 Å². The first-order valence-corrected chi connectivity index (χ1v) is 9.81. The number of likely N-dealkylation sites (N-methyl/N-ethyl adjacent to an activating group) is 1. The lowest BCUT2D eigenvalue weighted by molar-refractivity contribution is -0.131. The van der Waals surface area contributed by atoms with Gasteiger partial charge in [-0.3, -0.25) is 9.59 Å². The highest BCUT2D eigenvalue weighted by atomic mass is 16.2. The summed E-state index contributed by atoms with van der Waals surface area (Å²) < 4.78 is 1.89. The van der Waals surface area contributed by atoms with Gasteiger partial charge >= 0.3 is 0 Å². The minimum atomic E-state index is -0.301. The Balaban J connectivity index is 1.57. The van der Waals surface area contributed by atoms with Gasteiger partial charge in [0, 0.05) is 30.9 Å². The second-order valence-electron chi connectivity index (χ2n) is 7.11. The minimum absolute atomic E-state index is 0.0562. The first-order chi connectivity index (χ1) is 14.5. The van der Waals surface area contributed by atoms with E-state index in [4.69, 9.17) is 0 Å². The van der Waals surface area contributed by atoms with E-state index in [1.165, 1.54) is 6.08 Å². The van der Waals surface area contributed by atoms with Gasteiger partial charge in [0.25, 0.3) is 0 Å². The van der Waals surface area contributed by atoms with Gasteiger partial charge in [-0.2, -0.15) is 5.10 Å². The summed E-state index contributed by atoms with van der Waals surface area (Å²) >= 11 is 0. The molecule has 0 aliphatic heterocycles. The molecular formula is C24H26N4O2. The van der Waals surface area contributed by atoms with Gasteiger partial charge in [0.15, 0.2) is 0 Å². The number of nitrogens with one attached hydrogen (secondary N) is 1. The van der Waals surface area contributed by atoms with E-state index >= 15 is 0 Å². The maximum Gasteiger partial charge on any atom is 0.244 e. The second kappa shape index (κ2) is 9.69. The number of hydrogen-bond donors (Lipinski definition) is 1. The Morgan fingerprint density at radius 1 is 1.03 bits per heavy atom. The molecular weight excluding hydrogens is 376 g/mol. The molecule has 0 saturated carbocycles. The van der Waals surface area contributed by atoms with Crippen LogP contribution in [0.4, 0.5) is 0 Å². The van der Waals surface area contributed by atoms with Crippen LogP contribution in [0.15, 0.2) is 66.7 Å². The summed E-state index contributed by atoms with van der Waals surface area (Å²) in [7, 11) is 1.73. The van der Waals surface area contributed by atoms with E-state index in [1.54, 1.807) is 18.0 Å². The molecule has 0 aliphatic carbocycles. The Labute approximate surface area is 176 Å². The van der Waals surface area contributed by atoms with Gasteiger partial charge in [-0.15, -0.1) is 0 Å². The summed E-state index contributed by atoms with van der Waals surface area (Å²) in [5, 5.41) is 7.26. The van der Waals surface area contributed by atoms with Crippen molar-refractivity contribution < 1.29 is 9.59 Å². The first kappa shape index (κ1) is 21.0. The SMILES string of the molecule is Cc1nn(-c2ccccc2)c(C)c1CN(C)C(=O)CNC(=O)/C=C/c1ccccc1. The van der Waals surface area contributed by atoms with E-state index in [1.807, 2.05) is 79.2 Å². The van der Waals surface area contributed by atoms with Gasteiger partial charge in [0.1, 0.15) is 0 Å². The van der Waals surface area contributed by atoms with Gasteiger partial charge in [-0.1, -0.05) is 48.5 Å². The van der Waals surface area contributed by atoms with Crippen LogP contribution < -0.4 is 5.32 Å². The Bertz CT molecular complexity index is 1040.